The molecule has 0 unspecified atom stereocenters. The molecule has 0 N–H and O–H groups in total. The molecule has 0 nitrogen and oxygen atoms in total. The maximum atomic E-state index is 2.27. The average molecular weight is 306 g/mol. The topological polar surface area (TPSA) is 0 Å². The van der Waals surface area contributed by atoms with Crippen LogP contribution < -0.4 is 0 Å². The van der Waals surface area contributed by atoms with Crippen molar-refractivity contribution >= 4 is 33.7 Å². The van der Waals surface area contributed by atoms with Crippen LogP contribution in [0.25, 0.3) is 33.7 Å². The molecule has 0 aliphatic carbocycles. The molecule has 114 valence electrons. The first-order chi connectivity index (χ1) is 11.9. The standard InChI is InChI=1S/C24H18/c1-2-10-19(11-3-1)12-4-7-17-24-22-15-8-5-13-20(22)18-21-14-6-9-16-23(21)24/h1-18H/b12-4+,17-7+. The highest BCUT2D eigenvalue weighted by atomic mass is 14.1. The van der Waals surface area contributed by atoms with Gasteiger partial charge in [-0.25, -0.2) is 0 Å². The molecule has 0 saturated carbocycles. The molecule has 4 rings (SSSR count). The van der Waals surface area contributed by atoms with Gasteiger partial charge >= 0.3 is 0 Å². The third-order valence-corrected chi connectivity index (χ3v) is 4.28. The van der Waals surface area contributed by atoms with Crippen molar-refractivity contribution in [2.24, 2.45) is 0 Å². The van der Waals surface area contributed by atoms with Gasteiger partial charge in [-0.05, 0) is 38.7 Å². The van der Waals surface area contributed by atoms with E-state index in [4.69, 9.17) is 0 Å². The maximum Gasteiger partial charge on any atom is -0.00994 e. The lowest BCUT2D eigenvalue weighted by atomic mass is 9.96. The second kappa shape index (κ2) is 6.55. The Labute approximate surface area is 142 Å². The minimum Gasteiger partial charge on any atom is -0.0622 e. The zero-order valence-electron chi connectivity index (χ0n) is 13.4. The average Bonchev–Trinajstić information content (AvgIpc) is 2.65. The second-order valence-electron chi connectivity index (χ2n) is 5.86. The molecule has 24 heavy (non-hydrogen) atoms. The SMILES string of the molecule is C(/C=C/c1c2ccccc2cc2ccccc12)=C\c1ccccc1. The van der Waals surface area contributed by atoms with Gasteiger partial charge in [0.1, 0.15) is 0 Å². The van der Waals surface area contributed by atoms with E-state index in [1.54, 1.807) is 0 Å². The molecule has 0 radical (unpaired) electrons. The summed E-state index contributed by atoms with van der Waals surface area (Å²) in [7, 11) is 0. The Morgan fingerprint density at radius 2 is 1.04 bits per heavy atom. The summed E-state index contributed by atoms with van der Waals surface area (Å²) in [6.45, 7) is 0. The molecule has 0 fully saturated rings. The van der Waals surface area contributed by atoms with Crippen LogP contribution in [0.15, 0.2) is 97.1 Å². The fourth-order valence-corrected chi connectivity index (χ4v) is 3.11. The third kappa shape index (κ3) is 2.87. The summed E-state index contributed by atoms with van der Waals surface area (Å²) in [6, 6.07) is 29.8. The van der Waals surface area contributed by atoms with Crippen LogP contribution in [0.2, 0.25) is 0 Å². The second-order valence-corrected chi connectivity index (χ2v) is 5.86. The normalized spacial score (nSPS) is 11.8. The fraction of sp³-hybridized carbons (Fsp3) is 0. The zero-order chi connectivity index (χ0) is 16.2. The summed E-state index contributed by atoms with van der Waals surface area (Å²) in [6.07, 6.45) is 8.57. The van der Waals surface area contributed by atoms with Crippen molar-refractivity contribution in [2.45, 2.75) is 0 Å². The molecule has 0 saturated heterocycles. The van der Waals surface area contributed by atoms with Gasteiger partial charge < -0.3 is 0 Å². The Hall–Kier alpha value is -3.12. The molecule has 0 amide bonds. The Morgan fingerprint density at radius 1 is 0.500 bits per heavy atom. The van der Waals surface area contributed by atoms with E-state index < -0.39 is 0 Å². The highest BCUT2D eigenvalue weighted by Crippen LogP contribution is 2.29. The molecular formula is C24H18. The summed E-state index contributed by atoms with van der Waals surface area (Å²) in [5.41, 5.74) is 2.49. The Morgan fingerprint density at radius 3 is 1.71 bits per heavy atom. The Kier molecular flexibility index (Phi) is 3.95. The maximum absolute atomic E-state index is 2.27. The fourth-order valence-electron chi connectivity index (χ4n) is 3.11. The predicted octanol–water partition coefficient (Wildman–Crippen LogP) is 6.72. The lowest BCUT2D eigenvalue weighted by molar-refractivity contribution is 1.66. The molecular weight excluding hydrogens is 288 g/mol. The van der Waals surface area contributed by atoms with E-state index in [0.29, 0.717) is 0 Å². The number of allylic oxidation sites excluding steroid dienone is 2. The number of hydrogen-bond acceptors (Lipinski definition) is 0. The van der Waals surface area contributed by atoms with Gasteiger partial charge in [0.05, 0.1) is 0 Å². The number of hydrogen-bond donors (Lipinski definition) is 0. The molecule has 0 heteroatoms. The lowest BCUT2D eigenvalue weighted by Crippen LogP contribution is -1.82. The van der Waals surface area contributed by atoms with Crippen LogP contribution in [0, 0.1) is 0 Å². The van der Waals surface area contributed by atoms with Crippen LogP contribution in [0.1, 0.15) is 11.1 Å². The van der Waals surface area contributed by atoms with Crippen molar-refractivity contribution in [3.8, 4) is 0 Å². The lowest BCUT2D eigenvalue weighted by Gasteiger charge is -2.08. The summed E-state index contributed by atoms with van der Waals surface area (Å²) in [4.78, 5) is 0. The van der Waals surface area contributed by atoms with Crippen molar-refractivity contribution in [1.29, 1.82) is 0 Å². The molecule has 0 spiro atoms. The molecule has 0 heterocycles. The van der Waals surface area contributed by atoms with Gasteiger partial charge in [0.25, 0.3) is 0 Å². The smallest absolute Gasteiger partial charge is 0.00994 e. The van der Waals surface area contributed by atoms with Crippen molar-refractivity contribution in [2.75, 3.05) is 0 Å². The Bertz CT molecular complexity index is 983. The molecule has 4 aromatic rings. The van der Waals surface area contributed by atoms with Crippen LogP contribution in [0.4, 0.5) is 0 Å². The number of fused-ring (bicyclic) bond motifs is 2. The van der Waals surface area contributed by atoms with E-state index in [1.807, 2.05) is 6.07 Å². The highest BCUT2D eigenvalue weighted by Gasteiger charge is 2.03. The zero-order valence-corrected chi connectivity index (χ0v) is 13.4. The third-order valence-electron chi connectivity index (χ3n) is 4.28. The highest BCUT2D eigenvalue weighted by molar-refractivity contribution is 6.06. The van der Waals surface area contributed by atoms with Gasteiger partial charge in [0, 0.05) is 0 Å². The van der Waals surface area contributed by atoms with E-state index in [2.05, 4.69) is 103 Å². The summed E-state index contributed by atoms with van der Waals surface area (Å²) < 4.78 is 0. The van der Waals surface area contributed by atoms with Crippen molar-refractivity contribution in [1.82, 2.24) is 0 Å². The summed E-state index contributed by atoms with van der Waals surface area (Å²) in [5, 5.41) is 5.15. The first kappa shape index (κ1) is 14.5. The van der Waals surface area contributed by atoms with E-state index in [1.165, 1.54) is 32.7 Å². The van der Waals surface area contributed by atoms with E-state index >= 15 is 0 Å². The Balaban J connectivity index is 1.79. The van der Waals surface area contributed by atoms with E-state index in [-0.39, 0.29) is 0 Å². The molecule has 0 atom stereocenters. The van der Waals surface area contributed by atoms with Crippen LogP contribution in [0.5, 0.6) is 0 Å². The van der Waals surface area contributed by atoms with Crippen molar-refractivity contribution < 1.29 is 0 Å². The van der Waals surface area contributed by atoms with Crippen molar-refractivity contribution in [3.05, 3.63) is 108 Å². The first-order valence-electron chi connectivity index (χ1n) is 8.22. The van der Waals surface area contributed by atoms with Gasteiger partial charge in [-0.3, -0.25) is 0 Å². The van der Waals surface area contributed by atoms with E-state index in [9.17, 15) is 0 Å². The van der Waals surface area contributed by atoms with Gasteiger partial charge in [0.15, 0.2) is 0 Å². The molecule has 0 bridgehead atoms. The predicted molar refractivity (Wildman–Crippen MR) is 106 cm³/mol. The molecule has 4 aromatic carbocycles. The number of benzene rings is 4. The molecule has 0 aliphatic rings. The quantitative estimate of drug-likeness (QED) is 0.291. The van der Waals surface area contributed by atoms with Gasteiger partial charge in [-0.1, -0.05) is 103 Å². The molecule has 0 aromatic heterocycles. The summed E-state index contributed by atoms with van der Waals surface area (Å²) >= 11 is 0. The van der Waals surface area contributed by atoms with Crippen LogP contribution in [-0.4, -0.2) is 0 Å². The first-order valence-corrected chi connectivity index (χ1v) is 8.22. The van der Waals surface area contributed by atoms with E-state index in [0.717, 1.165) is 0 Å². The number of rotatable bonds is 3. The van der Waals surface area contributed by atoms with Crippen LogP contribution in [0.3, 0.4) is 0 Å². The molecule has 0 aliphatic heterocycles. The van der Waals surface area contributed by atoms with Crippen LogP contribution in [-0.2, 0) is 0 Å². The summed E-state index contributed by atoms with van der Waals surface area (Å²) in [5.74, 6) is 0. The van der Waals surface area contributed by atoms with Crippen LogP contribution >= 0.6 is 0 Å². The van der Waals surface area contributed by atoms with Crippen molar-refractivity contribution in [3.63, 3.8) is 0 Å². The monoisotopic (exact) mass is 306 g/mol. The van der Waals surface area contributed by atoms with Gasteiger partial charge in [0.2, 0.25) is 0 Å². The minimum absolute atomic E-state index is 1.21. The van der Waals surface area contributed by atoms with Gasteiger partial charge in [-0.15, -0.1) is 0 Å². The largest absolute Gasteiger partial charge is 0.0622 e. The van der Waals surface area contributed by atoms with Gasteiger partial charge in [-0.2, -0.15) is 0 Å². The minimum atomic E-state index is 1.21.